The number of anilines is 1. The maximum absolute atomic E-state index is 13.9. The number of benzene rings is 1. The quantitative estimate of drug-likeness (QED) is 0.912. The fourth-order valence-corrected chi connectivity index (χ4v) is 3.33. The molecule has 0 saturated carbocycles. The highest BCUT2D eigenvalue weighted by Crippen LogP contribution is 2.27. The minimum absolute atomic E-state index is 0.0295. The highest BCUT2D eigenvalue weighted by atomic mass is 79.9. The summed E-state index contributed by atoms with van der Waals surface area (Å²) in [5.41, 5.74) is 0.0812. The van der Waals surface area contributed by atoms with Crippen molar-refractivity contribution >= 4 is 38.9 Å². The molecule has 6 heteroatoms. The van der Waals surface area contributed by atoms with Gasteiger partial charge in [-0.3, -0.25) is 0 Å². The number of rotatable bonds is 4. The van der Waals surface area contributed by atoms with Crippen LogP contribution in [0, 0.1) is 5.82 Å². The van der Waals surface area contributed by atoms with E-state index in [1.54, 1.807) is 11.9 Å². The topological polar surface area (TPSA) is 40.5 Å². The number of nitrogens with zero attached hydrogens (tertiary/aromatic N) is 1. The van der Waals surface area contributed by atoms with Gasteiger partial charge in [0.2, 0.25) is 0 Å². The van der Waals surface area contributed by atoms with Crippen molar-refractivity contribution in [2.24, 2.45) is 0 Å². The Hall–Kier alpha value is -1.40. The van der Waals surface area contributed by atoms with Crippen molar-refractivity contribution in [3.63, 3.8) is 0 Å². The van der Waals surface area contributed by atoms with E-state index in [0.717, 1.165) is 9.35 Å². The molecule has 3 nitrogen and oxygen atoms in total. The van der Waals surface area contributed by atoms with Crippen LogP contribution in [0.15, 0.2) is 34.1 Å². The van der Waals surface area contributed by atoms with Crippen LogP contribution in [0.25, 0.3) is 0 Å². The average molecular weight is 344 g/mol. The molecule has 0 spiro atoms. The van der Waals surface area contributed by atoms with E-state index < -0.39 is 11.8 Å². The molecule has 0 atom stereocenters. The van der Waals surface area contributed by atoms with Crippen molar-refractivity contribution in [1.29, 1.82) is 0 Å². The minimum Gasteiger partial charge on any atom is -0.478 e. The molecule has 0 fully saturated rings. The Labute approximate surface area is 122 Å². The summed E-state index contributed by atoms with van der Waals surface area (Å²) in [7, 11) is 1.68. The van der Waals surface area contributed by atoms with Gasteiger partial charge in [-0.1, -0.05) is 6.07 Å². The lowest BCUT2D eigenvalue weighted by Gasteiger charge is -2.21. The first kappa shape index (κ1) is 14.0. The smallest absolute Gasteiger partial charge is 0.337 e. The number of halogens is 2. The van der Waals surface area contributed by atoms with Gasteiger partial charge in [0.15, 0.2) is 0 Å². The third kappa shape index (κ3) is 3.13. The summed E-state index contributed by atoms with van der Waals surface area (Å²) in [5.74, 6) is -1.66. The molecule has 0 amide bonds. The molecule has 1 aromatic heterocycles. The van der Waals surface area contributed by atoms with E-state index >= 15 is 0 Å². The van der Waals surface area contributed by atoms with E-state index in [9.17, 15) is 9.18 Å². The van der Waals surface area contributed by atoms with Crippen LogP contribution in [-0.2, 0) is 6.54 Å². The second kappa shape index (κ2) is 5.71. The zero-order valence-electron chi connectivity index (χ0n) is 10.1. The Balaban J connectivity index is 2.32. The number of carboxylic acids is 1. The highest BCUT2D eigenvalue weighted by Gasteiger charge is 2.18. The van der Waals surface area contributed by atoms with Gasteiger partial charge in [0.25, 0.3) is 0 Å². The van der Waals surface area contributed by atoms with Gasteiger partial charge in [-0.05, 0) is 34.1 Å². The third-order valence-electron chi connectivity index (χ3n) is 2.61. The second-order valence-corrected chi connectivity index (χ2v) is 5.94. The standard InChI is InChI=1S/C13H11BrFNO2S/c1-16(6-9-5-8(14)7-19-9)12-10(13(17)18)3-2-4-11(12)15/h2-5,7H,6H2,1H3,(H,17,18). The van der Waals surface area contributed by atoms with Crippen LogP contribution < -0.4 is 4.90 Å². The fraction of sp³-hybridized carbons (Fsp3) is 0.154. The molecule has 2 rings (SSSR count). The first-order chi connectivity index (χ1) is 8.99. The highest BCUT2D eigenvalue weighted by molar-refractivity contribution is 9.10. The summed E-state index contributed by atoms with van der Waals surface area (Å²) in [6.07, 6.45) is 0. The molecule has 1 N–H and O–H groups in total. The van der Waals surface area contributed by atoms with Crippen molar-refractivity contribution in [2.75, 3.05) is 11.9 Å². The normalized spacial score (nSPS) is 10.5. The zero-order valence-corrected chi connectivity index (χ0v) is 12.5. The molecule has 0 radical (unpaired) electrons. The summed E-state index contributed by atoms with van der Waals surface area (Å²) in [6, 6.07) is 6.00. The van der Waals surface area contributed by atoms with E-state index in [2.05, 4.69) is 15.9 Å². The van der Waals surface area contributed by atoms with Crippen LogP contribution in [0.1, 0.15) is 15.2 Å². The summed E-state index contributed by atoms with van der Waals surface area (Å²) in [6.45, 7) is 0.456. The van der Waals surface area contributed by atoms with E-state index in [-0.39, 0.29) is 11.3 Å². The van der Waals surface area contributed by atoms with Crippen molar-refractivity contribution in [3.05, 3.63) is 50.4 Å². The number of carboxylic acid groups (broad SMARTS) is 1. The fourth-order valence-electron chi connectivity index (χ4n) is 1.83. The lowest BCUT2D eigenvalue weighted by atomic mass is 10.1. The molecule has 0 saturated heterocycles. The van der Waals surface area contributed by atoms with E-state index in [1.807, 2.05) is 11.4 Å². The molecule has 0 aliphatic heterocycles. The third-order valence-corrected chi connectivity index (χ3v) is 4.30. The van der Waals surface area contributed by atoms with Crippen molar-refractivity contribution in [3.8, 4) is 0 Å². The number of thiophene rings is 1. The molecule has 0 unspecified atom stereocenters. The number of para-hydroxylation sites is 1. The maximum atomic E-state index is 13.9. The molecular formula is C13H11BrFNO2S. The van der Waals surface area contributed by atoms with E-state index in [1.165, 1.54) is 29.5 Å². The SMILES string of the molecule is CN(Cc1cc(Br)cs1)c1c(F)cccc1C(=O)O. The Morgan fingerprint density at radius 3 is 2.84 bits per heavy atom. The molecule has 2 aromatic rings. The van der Waals surface area contributed by atoms with Crippen LogP contribution >= 0.6 is 27.3 Å². The first-order valence-electron chi connectivity index (χ1n) is 5.45. The monoisotopic (exact) mass is 343 g/mol. The van der Waals surface area contributed by atoms with Crippen LogP contribution in [0.5, 0.6) is 0 Å². The molecule has 100 valence electrons. The minimum atomic E-state index is -1.13. The van der Waals surface area contributed by atoms with Gasteiger partial charge >= 0.3 is 5.97 Å². The van der Waals surface area contributed by atoms with Crippen LogP contribution in [-0.4, -0.2) is 18.1 Å². The van der Waals surface area contributed by atoms with Gasteiger partial charge in [-0.2, -0.15) is 0 Å². The molecular weight excluding hydrogens is 333 g/mol. The van der Waals surface area contributed by atoms with Gasteiger partial charge in [-0.25, -0.2) is 9.18 Å². The summed E-state index contributed by atoms with van der Waals surface area (Å²) in [4.78, 5) is 13.8. The Morgan fingerprint density at radius 1 is 1.53 bits per heavy atom. The van der Waals surface area contributed by atoms with Crippen LogP contribution in [0.4, 0.5) is 10.1 Å². The Bertz CT molecular complexity index is 614. The van der Waals surface area contributed by atoms with Crippen LogP contribution in [0.2, 0.25) is 0 Å². The Kier molecular flexibility index (Phi) is 4.21. The average Bonchev–Trinajstić information content (AvgIpc) is 2.74. The summed E-state index contributed by atoms with van der Waals surface area (Å²) < 4.78 is 14.8. The molecule has 0 bridgehead atoms. The number of hydrogen-bond acceptors (Lipinski definition) is 3. The Morgan fingerprint density at radius 2 is 2.26 bits per heavy atom. The predicted octanol–water partition coefficient (Wildman–Crippen LogP) is 3.98. The van der Waals surface area contributed by atoms with Gasteiger partial charge in [-0.15, -0.1) is 11.3 Å². The lowest BCUT2D eigenvalue weighted by Crippen LogP contribution is -2.20. The molecule has 1 aromatic carbocycles. The zero-order chi connectivity index (χ0) is 14.0. The van der Waals surface area contributed by atoms with Gasteiger partial charge in [0.1, 0.15) is 5.82 Å². The first-order valence-corrected chi connectivity index (χ1v) is 7.12. The number of aromatic carboxylic acids is 1. The summed E-state index contributed by atoms with van der Waals surface area (Å²) in [5, 5.41) is 11.0. The van der Waals surface area contributed by atoms with Crippen molar-refractivity contribution < 1.29 is 14.3 Å². The largest absolute Gasteiger partial charge is 0.478 e. The van der Waals surface area contributed by atoms with Gasteiger partial charge in [0, 0.05) is 21.8 Å². The van der Waals surface area contributed by atoms with Gasteiger partial charge in [0.05, 0.1) is 17.8 Å². The molecule has 1 heterocycles. The molecule has 19 heavy (non-hydrogen) atoms. The number of hydrogen-bond donors (Lipinski definition) is 1. The maximum Gasteiger partial charge on any atom is 0.337 e. The van der Waals surface area contributed by atoms with Crippen LogP contribution in [0.3, 0.4) is 0 Å². The predicted molar refractivity (Wildman–Crippen MR) is 77.5 cm³/mol. The molecule has 0 aliphatic rings. The van der Waals surface area contributed by atoms with Crippen molar-refractivity contribution in [1.82, 2.24) is 0 Å². The molecule has 0 aliphatic carbocycles. The number of carbonyl (C=O) groups is 1. The van der Waals surface area contributed by atoms with Gasteiger partial charge < -0.3 is 10.0 Å². The summed E-state index contributed by atoms with van der Waals surface area (Å²) >= 11 is 4.89. The van der Waals surface area contributed by atoms with Crippen molar-refractivity contribution in [2.45, 2.75) is 6.54 Å². The van der Waals surface area contributed by atoms with E-state index in [4.69, 9.17) is 5.11 Å². The van der Waals surface area contributed by atoms with E-state index in [0.29, 0.717) is 6.54 Å². The lowest BCUT2D eigenvalue weighted by molar-refractivity contribution is 0.0697. The second-order valence-electron chi connectivity index (χ2n) is 4.03.